The first kappa shape index (κ1) is 15.9. The van der Waals surface area contributed by atoms with Crippen LogP contribution in [-0.2, 0) is 13.0 Å². The number of pyridine rings is 2. The highest BCUT2D eigenvalue weighted by Crippen LogP contribution is 2.15. The van der Waals surface area contributed by atoms with Crippen molar-refractivity contribution in [3.63, 3.8) is 0 Å². The number of hydrogen-bond donors (Lipinski definition) is 2. The monoisotopic (exact) mass is 319 g/mol. The Morgan fingerprint density at radius 1 is 0.958 bits per heavy atom. The number of guanidine groups is 1. The van der Waals surface area contributed by atoms with Crippen molar-refractivity contribution in [1.29, 1.82) is 0 Å². The molecule has 3 aromatic rings. The van der Waals surface area contributed by atoms with Crippen LogP contribution in [0.3, 0.4) is 0 Å². The second-order valence-corrected chi connectivity index (χ2v) is 5.41. The van der Waals surface area contributed by atoms with Crippen LogP contribution in [0.2, 0.25) is 0 Å². The van der Waals surface area contributed by atoms with E-state index in [-0.39, 0.29) is 0 Å². The molecule has 2 heterocycles. The molecule has 2 N–H and O–H groups in total. The Balaban J connectivity index is 1.56. The second kappa shape index (κ2) is 8.06. The van der Waals surface area contributed by atoms with Crippen LogP contribution in [0.1, 0.15) is 11.3 Å². The third-order valence-electron chi connectivity index (χ3n) is 3.81. The largest absolute Gasteiger partial charge is 0.356 e. The molecule has 0 aliphatic heterocycles. The molecule has 3 rings (SSSR count). The number of nitrogens with one attached hydrogen (secondary N) is 2. The minimum atomic E-state index is 0.701. The maximum atomic E-state index is 4.39. The first-order chi connectivity index (χ1) is 11.9. The van der Waals surface area contributed by atoms with Gasteiger partial charge in [-0.15, -0.1) is 0 Å². The standard InChI is InChI=1S/C19H21N5/c1-20-19(23-13-10-16-6-4-5-11-21-16)24-14-15-9-12-22-18-8-3-2-7-17(15)18/h2-9,11-12H,10,13-14H2,1H3,(H2,20,23,24). The number of aliphatic imine (C=N–C) groups is 1. The van der Waals surface area contributed by atoms with Crippen molar-refractivity contribution in [1.82, 2.24) is 20.6 Å². The summed E-state index contributed by atoms with van der Waals surface area (Å²) in [5.41, 5.74) is 3.28. The summed E-state index contributed by atoms with van der Waals surface area (Å²) in [6, 6.07) is 16.2. The number of benzene rings is 1. The Hall–Kier alpha value is -2.95. The van der Waals surface area contributed by atoms with E-state index >= 15 is 0 Å². The Kier molecular flexibility index (Phi) is 5.35. The van der Waals surface area contributed by atoms with Crippen LogP contribution in [0.5, 0.6) is 0 Å². The topological polar surface area (TPSA) is 62.2 Å². The molecule has 0 atom stereocenters. The zero-order valence-corrected chi connectivity index (χ0v) is 13.7. The molecule has 122 valence electrons. The van der Waals surface area contributed by atoms with Crippen molar-refractivity contribution >= 4 is 16.9 Å². The number of nitrogens with zero attached hydrogens (tertiary/aromatic N) is 3. The molecule has 0 unspecified atom stereocenters. The van der Waals surface area contributed by atoms with Gasteiger partial charge in [-0.2, -0.15) is 0 Å². The zero-order valence-electron chi connectivity index (χ0n) is 13.7. The van der Waals surface area contributed by atoms with E-state index in [1.165, 1.54) is 5.56 Å². The van der Waals surface area contributed by atoms with Crippen molar-refractivity contribution in [3.8, 4) is 0 Å². The lowest BCUT2D eigenvalue weighted by atomic mass is 10.1. The summed E-state index contributed by atoms with van der Waals surface area (Å²) < 4.78 is 0. The van der Waals surface area contributed by atoms with Crippen molar-refractivity contribution in [3.05, 3.63) is 72.2 Å². The lowest BCUT2D eigenvalue weighted by Crippen LogP contribution is -2.38. The number of aromatic nitrogens is 2. The molecule has 0 aliphatic carbocycles. The average molecular weight is 319 g/mol. The SMILES string of the molecule is CN=C(NCCc1ccccn1)NCc1ccnc2ccccc12. The molecule has 1 aromatic carbocycles. The Morgan fingerprint density at radius 2 is 1.83 bits per heavy atom. The first-order valence-corrected chi connectivity index (χ1v) is 8.04. The molecule has 0 aliphatic rings. The molecule has 5 nitrogen and oxygen atoms in total. The predicted molar refractivity (Wildman–Crippen MR) is 97.9 cm³/mol. The van der Waals surface area contributed by atoms with Crippen molar-refractivity contribution in [2.24, 2.45) is 4.99 Å². The van der Waals surface area contributed by atoms with Crippen molar-refractivity contribution in [2.45, 2.75) is 13.0 Å². The third-order valence-corrected chi connectivity index (χ3v) is 3.81. The van der Waals surface area contributed by atoms with Crippen LogP contribution in [0.15, 0.2) is 65.9 Å². The quantitative estimate of drug-likeness (QED) is 0.560. The minimum Gasteiger partial charge on any atom is -0.356 e. The molecule has 0 bridgehead atoms. The fourth-order valence-electron chi connectivity index (χ4n) is 2.56. The summed E-state index contributed by atoms with van der Waals surface area (Å²) >= 11 is 0. The molecule has 0 saturated carbocycles. The molecule has 0 radical (unpaired) electrons. The highest BCUT2D eigenvalue weighted by Gasteiger charge is 2.03. The normalized spacial score (nSPS) is 11.5. The number of rotatable bonds is 5. The van der Waals surface area contributed by atoms with Crippen LogP contribution in [0, 0.1) is 0 Å². The van der Waals surface area contributed by atoms with E-state index in [4.69, 9.17) is 0 Å². The summed E-state index contributed by atoms with van der Waals surface area (Å²) in [4.78, 5) is 13.0. The predicted octanol–water partition coefficient (Wildman–Crippen LogP) is 2.54. The molecule has 0 spiro atoms. The summed E-state index contributed by atoms with van der Waals surface area (Å²) in [5, 5.41) is 7.84. The molecule has 24 heavy (non-hydrogen) atoms. The van der Waals surface area contributed by atoms with Gasteiger partial charge >= 0.3 is 0 Å². The van der Waals surface area contributed by atoms with Crippen LogP contribution in [0.4, 0.5) is 0 Å². The highest BCUT2D eigenvalue weighted by molar-refractivity contribution is 5.83. The van der Waals surface area contributed by atoms with Crippen molar-refractivity contribution < 1.29 is 0 Å². The number of hydrogen-bond acceptors (Lipinski definition) is 3. The van der Waals surface area contributed by atoms with E-state index in [1.807, 2.05) is 54.9 Å². The van der Waals surface area contributed by atoms with Crippen LogP contribution in [0.25, 0.3) is 10.9 Å². The van der Waals surface area contributed by atoms with Gasteiger partial charge in [0.1, 0.15) is 0 Å². The zero-order chi connectivity index (χ0) is 16.6. The van der Waals surface area contributed by atoms with Gasteiger partial charge in [0.05, 0.1) is 5.52 Å². The van der Waals surface area contributed by atoms with Crippen LogP contribution in [-0.4, -0.2) is 29.5 Å². The van der Waals surface area contributed by atoms with Gasteiger partial charge in [0.25, 0.3) is 0 Å². The van der Waals surface area contributed by atoms with Crippen LogP contribution >= 0.6 is 0 Å². The molecule has 2 aromatic heterocycles. The number of fused-ring (bicyclic) bond motifs is 1. The molecule has 0 saturated heterocycles. The van der Waals surface area contributed by atoms with Gasteiger partial charge in [-0.1, -0.05) is 24.3 Å². The summed E-state index contributed by atoms with van der Waals surface area (Å²) in [6.45, 7) is 1.49. The van der Waals surface area contributed by atoms with Gasteiger partial charge in [-0.3, -0.25) is 15.0 Å². The van der Waals surface area contributed by atoms with Gasteiger partial charge < -0.3 is 10.6 Å². The average Bonchev–Trinajstić information content (AvgIpc) is 2.65. The molecule has 0 fully saturated rings. The van der Waals surface area contributed by atoms with E-state index in [1.54, 1.807) is 7.05 Å². The van der Waals surface area contributed by atoms with Gasteiger partial charge in [0.2, 0.25) is 0 Å². The van der Waals surface area contributed by atoms with Gasteiger partial charge in [-0.05, 0) is 29.8 Å². The smallest absolute Gasteiger partial charge is 0.191 e. The van der Waals surface area contributed by atoms with Crippen molar-refractivity contribution in [2.75, 3.05) is 13.6 Å². The highest BCUT2D eigenvalue weighted by atomic mass is 15.2. The molecule has 0 amide bonds. The van der Waals surface area contributed by atoms with E-state index in [0.717, 1.165) is 35.5 Å². The lowest BCUT2D eigenvalue weighted by Gasteiger charge is -2.13. The fourth-order valence-corrected chi connectivity index (χ4v) is 2.56. The Morgan fingerprint density at radius 3 is 2.67 bits per heavy atom. The summed E-state index contributed by atoms with van der Waals surface area (Å²) in [7, 11) is 1.78. The summed E-state index contributed by atoms with van der Waals surface area (Å²) in [6.07, 6.45) is 4.52. The van der Waals surface area contributed by atoms with E-state index < -0.39 is 0 Å². The van der Waals surface area contributed by atoms with Gasteiger partial charge in [0.15, 0.2) is 5.96 Å². The van der Waals surface area contributed by atoms with E-state index in [0.29, 0.717) is 6.54 Å². The molecular weight excluding hydrogens is 298 g/mol. The van der Waals surface area contributed by atoms with Gasteiger partial charge in [-0.25, -0.2) is 0 Å². The number of para-hydroxylation sites is 1. The fraction of sp³-hybridized carbons (Fsp3) is 0.211. The first-order valence-electron chi connectivity index (χ1n) is 8.04. The minimum absolute atomic E-state index is 0.701. The molecule has 5 heteroatoms. The maximum absolute atomic E-state index is 4.39. The summed E-state index contributed by atoms with van der Waals surface area (Å²) in [5.74, 6) is 0.784. The second-order valence-electron chi connectivity index (χ2n) is 5.41. The third kappa shape index (κ3) is 4.07. The van der Waals surface area contributed by atoms with E-state index in [9.17, 15) is 0 Å². The Bertz CT molecular complexity index is 809. The maximum Gasteiger partial charge on any atom is 0.191 e. The Labute approximate surface area is 141 Å². The molecular formula is C19H21N5. The lowest BCUT2D eigenvalue weighted by molar-refractivity contribution is 0.786. The van der Waals surface area contributed by atoms with Gasteiger partial charge in [0, 0.05) is 50.0 Å². The van der Waals surface area contributed by atoms with E-state index in [2.05, 4.69) is 31.7 Å². The van der Waals surface area contributed by atoms with Crippen LogP contribution < -0.4 is 10.6 Å².